The number of carboxylic acids is 1. The van der Waals surface area contributed by atoms with Gasteiger partial charge in [0.15, 0.2) is 0 Å². The highest BCUT2D eigenvalue weighted by Gasteiger charge is 2.39. The number of oxime groups is 1. The van der Waals surface area contributed by atoms with Crippen LogP contribution in [0.5, 0.6) is 5.75 Å². The SMILES string of the molecule is COc1ccccc1SC[C@H](O)CC[C@H]1/C(=N\O)C[C@H](O)[C@@H]1CCCCCCC(=O)O. The van der Waals surface area contributed by atoms with Crippen molar-refractivity contribution in [2.45, 2.75) is 74.9 Å². The Bertz CT molecular complexity index is 713. The molecule has 31 heavy (non-hydrogen) atoms. The summed E-state index contributed by atoms with van der Waals surface area (Å²) in [5.74, 6) is 0.536. The predicted molar refractivity (Wildman–Crippen MR) is 121 cm³/mol. The van der Waals surface area contributed by atoms with E-state index in [2.05, 4.69) is 5.16 Å². The number of thioether (sulfide) groups is 1. The summed E-state index contributed by atoms with van der Waals surface area (Å²) in [7, 11) is 1.63. The summed E-state index contributed by atoms with van der Waals surface area (Å²) in [6.45, 7) is 0. The Morgan fingerprint density at radius 3 is 2.68 bits per heavy atom. The molecule has 1 aliphatic rings. The first kappa shape index (κ1) is 25.5. The van der Waals surface area contributed by atoms with Crippen molar-refractivity contribution in [3.63, 3.8) is 0 Å². The molecular weight excluding hydrogens is 418 g/mol. The maximum atomic E-state index is 10.6. The van der Waals surface area contributed by atoms with Crippen molar-refractivity contribution in [1.82, 2.24) is 0 Å². The van der Waals surface area contributed by atoms with Crippen molar-refractivity contribution in [1.29, 1.82) is 0 Å². The number of benzene rings is 1. The summed E-state index contributed by atoms with van der Waals surface area (Å²) in [6.07, 6.45) is 4.92. The molecule has 1 fully saturated rings. The average molecular weight is 454 g/mol. The number of unbranched alkanes of at least 4 members (excludes halogenated alkanes) is 3. The summed E-state index contributed by atoms with van der Waals surface area (Å²) < 4.78 is 5.34. The highest BCUT2D eigenvalue weighted by Crippen LogP contribution is 2.38. The lowest BCUT2D eigenvalue weighted by Gasteiger charge is -2.23. The number of rotatable bonds is 14. The average Bonchev–Trinajstić information content (AvgIpc) is 3.07. The Hall–Kier alpha value is -1.77. The fraction of sp³-hybridized carbons (Fsp3) is 0.652. The number of nitrogens with zero attached hydrogens (tertiary/aromatic N) is 1. The van der Waals surface area contributed by atoms with Crippen molar-refractivity contribution in [2.24, 2.45) is 17.0 Å². The van der Waals surface area contributed by atoms with E-state index in [9.17, 15) is 20.2 Å². The van der Waals surface area contributed by atoms with E-state index in [1.54, 1.807) is 18.9 Å². The number of hydrogen-bond acceptors (Lipinski definition) is 7. The molecule has 174 valence electrons. The van der Waals surface area contributed by atoms with Gasteiger partial charge in [0, 0.05) is 29.4 Å². The molecule has 1 aromatic rings. The zero-order valence-corrected chi connectivity index (χ0v) is 19.0. The predicted octanol–water partition coefficient (Wildman–Crippen LogP) is 4.18. The molecule has 1 aliphatic carbocycles. The number of aliphatic carboxylic acids is 1. The van der Waals surface area contributed by atoms with Gasteiger partial charge in [-0.15, -0.1) is 11.8 Å². The molecule has 0 aliphatic heterocycles. The molecule has 0 bridgehead atoms. The number of aliphatic hydroxyl groups excluding tert-OH is 2. The quantitative estimate of drug-likeness (QED) is 0.144. The highest BCUT2D eigenvalue weighted by atomic mass is 32.2. The van der Waals surface area contributed by atoms with E-state index in [1.165, 1.54) is 0 Å². The fourth-order valence-electron chi connectivity index (χ4n) is 4.31. The molecular formula is C23H35NO6S. The zero-order chi connectivity index (χ0) is 22.6. The summed E-state index contributed by atoms with van der Waals surface area (Å²) >= 11 is 1.55. The number of carboxylic acid groups (broad SMARTS) is 1. The van der Waals surface area contributed by atoms with Crippen LogP contribution < -0.4 is 4.74 Å². The largest absolute Gasteiger partial charge is 0.496 e. The van der Waals surface area contributed by atoms with Gasteiger partial charge in [0.05, 0.1) is 25.0 Å². The first-order valence-electron chi connectivity index (χ1n) is 11.0. The number of aliphatic hydroxyl groups is 2. The normalized spacial score (nSPS) is 23.2. The molecule has 0 saturated heterocycles. The highest BCUT2D eigenvalue weighted by molar-refractivity contribution is 7.99. The molecule has 1 aromatic carbocycles. The van der Waals surface area contributed by atoms with Crippen molar-refractivity contribution in [3.05, 3.63) is 24.3 Å². The molecule has 0 amide bonds. The van der Waals surface area contributed by atoms with E-state index in [0.29, 0.717) is 37.1 Å². The van der Waals surface area contributed by atoms with Crippen LogP contribution in [0.3, 0.4) is 0 Å². The van der Waals surface area contributed by atoms with Gasteiger partial charge in [-0.05, 0) is 43.7 Å². The number of methoxy groups -OCH3 is 1. The summed E-state index contributed by atoms with van der Waals surface area (Å²) in [6, 6.07) is 7.71. The minimum absolute atomic E-state index is 0.0134. The van der Waals surface area contributed by atoms with Crippen LogP contribution in [0.25, 0.3) is 0 Å². The lowest BCUT2D eigenvalue weighted by molar-refractivity contribution is -0.137. The molecule has 2 rings (SSSR count). The molecule has 0 spiro atoms. The number of ether oxygens (including phenoxy) is 1. The molecule has 0 radical (unpaired) electrons. The first-order chi connectivity index (χ1) is 15.0. The van der Waals surface area contributed by atoms with Crippen molar-refractivity contribution in [2.75, 3.05) is 12.9 Å². The Morgan fingerprint density at radius 2 is 1.97 bits per heavy atom. The monoisotopic (exact) mass is 453 g/mol. The molecule has 0 heterocycles. The second-order valence-corrected chi connectivity index (χ2v) is 9.23. The van der Waals surface area contributed by atoms with Gasteiger partial charge in [-0.1, -0.05) is 36.6 Å². The van der Waals surface area contributed by atoms with Crippen LogP contribution in [0, 0.1) is 11.8 Å². The van der Waals surface area contributed by atoms with Gasteiger partial charge >= 0.3 is 5.97 Å². The number of para-hydroxylation sites is 1. The van der Waals surface area contributed by atoms with Crippen LogP contribution in [-0.2, 0) is 4.79 Å². The van der Waals surface area contributed by atoms with Crippen LogP contribution in [0.4, 0.5) is 0 Å². The van der Waals surface area contributed by atoms with Crippen molar-refractivity contribution >= 4 is 23.4 Å². The molecule has 4 N–H and O–H groups in total. The van der Waals surface area contributed by atoms with Gasteiger partial charge in [0.1, 0.15) is 5.75 Å². The third kappa shape index (κ3) is 8.35. The third-order valence-corrected chi connectivity index (χ3v) is 7.17. The Labute approximate surface area is 188 Å². The minimum atomic E-state index is -0.766. The van der Waals surface area contributed by atoms with E-state index in [1.807, 2.05) is 24.3 Å². The minimum Gasteiger partial charge on any atom is -0.496 e. The first-order valence-corrected chi connectivity index (χ1v) is 12.0. The van der Waals surface area contributed by atoms with Crippen LogP contribution in [0.1, 0.15) is 57.8 Å². The van der Waals surface area contributed by atoms with Crippen molar-refractivity contribution < 1.29 is 30.1 Å². The summed E-state index contributed by atoms with van der Waals surface area (Å²) in [5.41, 5.74) is 0.618. The Morgan fingerprint density at radius 1 is 1.23 bits per heavy atom. The van der Waals surface area contributed by atoms with Crippen LogP contribution in [0.2, 0.25) is 0 Å². The van der Waals surface area contributed by atoms with Gasteiger partial charge in [-0.3, -0.25) is 4.79 Å². The summed E-state index contributed by atoms with van der Waals surface area (Å²) in [4.78, 5) is 11.6. The second kappa shape index (κ2) is 13.6. The number of carbonyl (C=O) groups is 1. The maximum absolute atomic E-state index is 10.6. The van der Waals surface area contributed by atoms with Gasteiger partial charge in [-0.25, -0.2) is 0 Å². The third-order valence-electron chi connectivity index (χ3n) is 5.98. The summed E-state index contributed by atoms with van der Waals surface area (Å²) in [5, 5.41) is 42.5. The van der Waals surface area contributed by atoms with E-state index < -0.39 is 18.2 Å². The number of hydrogen-bond donors (Lipinski definition) is 4. The molecule has 4 atom stereocenters. The lowest BCUT2D eigenvalue weighted by Crippen LogP contribution is -2.23. The molecule has 0 aromatic heterocycles. The Balaban J connectivity index is 1.80. The molecule has 1 saturated carbocycles. The topological polar surface area (TPSA) is 120 Å². The smallest absolute Gasteiger partial charge is 0.303 e. The molecule has 7 nitrogen and oxygen atoms in total. The Kier molecular flexibility index (Phi) is 11.2. The molecule has 8 heteroatoms. The van der Waals surface area contributed by atoms with E-state index in [4.69, 9.17) is 9.84 Å². The zero-order valence-electron chi connectivity index (χ0n) is 18.2. The maximum Gasteiger partial charge on any atom is 0.303 e. The van der Waals surface area contributed by atoms with Crippen LogP contribution >= 0.6 is 11.8 Å². The fourth-order valence-corrected chi connectivity index (χ4v) is 5.32. The van der Waals surface area contributed by atoms with Crippen LogP contribution in [-0.4, -0.2) is 57.3 Å². The van der Waals surface area contributed by atoms with Gasteiger partial charge < -0.3 is 25.3 Å². The molecule has 0 unspecified atom stereocenters. The van der Waals surface area contributed by atoms with Crippen LogP contribution in [0.15, 0.2) is 34.3 Å². The van der Waals surface area contributed by atoms with E-state index >= 15 is 0 Å². The van der Waals surface area contributed by atoms with Gasteiger partial charge in [0.2, 0.25) is 0 Å². The van der Waals surface area contributed by atoms with Crippen molar-refractivity contribution in [3.8, 4) is 5.75 Å². The standard InChI is InChI=1S/C23H35NO6S/c1-30-21-9-6-7-10-22(21)31-15-16(25)12-13-17-18(20(26)14-19(17)24-29)8-4-2-3-5-11-23(27)28/h6-7,9-10,16-18,20,25-26,29H,2-5,8,11-15H2,1H3,(H,27,28)/b24-19-/t16-,17-,18-,20+/m1/s1. The van der Waals surface area contributed by atoms with Gasteiger partial charge in [-0.2, -0.15) is 0 Å². The second-order valence-electron chi connectivity index (χ2n) is 8.17. The van der Waals surface area contributed by atoms with E-state index in [0.717, 1.165) is 36.3 Å². The van der Waals surface area contributed by atoms with E-state index in [-0.39, 0.29) is 18.3 Å². The van der Waals surface area contributed by atoms with Gasteiger partial charge in [0.25, 0.3) is 0 Å². The lowest BCUT2D eigenvalue weighted by atomic mass is 9.85.